The number of benzene rings is 1. The van der Waals surface area contributed by atoms with E-state index in [1.54, 1.807) is 7.11 Å². The number of pyridine rings is 1. The molecule has 3 heterocycles. The number of tetrazole rings is 1. The van der Waals surface area contributed by atoms with Crippen LogP contribution < -0.4 is 20.1 Å². The second-order valence-electron chi connectivity index (χ2n) is 8.98. The highest BCUT2D eigenvalue weighted by Crippen LogP contribution is 2.31. The molecule has 9 heteroatoms. The third-order valence-corrected chi connectivity index (χ3v) is 6.99. The number of hydrogen-bond donors (Lipinski definition) is 3. The van der Waals surface area contributed by atoms with E-state index in [1.165, 1.54) is 22.6 Å². The third kappa shape index (κ3) is 3.83. The molecule has 1 atom stereocenters. The molecule has 0 spiro atoms. The second-order valence-corrected chi connectivity index (χ2v) is 8.98. The van der Waals surface area contributed by atoms with E-state index in [1.807, 2.05) is 28.9 Å². The van der Waals surface area contributed by atoms with Gasteiger partial charge in [0.2, 0.25) is 5.82 Å². The van der Waals surface area contributed by atoms with E-state index in [2.05, 4.69) is 27.6 Å². The van der Waals surface area contributed by atoms with Gasteiger partial charge in [0, 0.05) is 10.9 Å². The predicted octanol–water partition coefficient (Wildman–Crippen LogP) is -0.859. The van der Waals surface area contributed by atoms with Gasteiger partial charge in [-0.3, -0.25) is 4.79 Å². The van der Waals surface area contributed by atoms with Crippen molar-refractivity contribution in [2.24, 2.45) is 0 Å². The van der Waals surface area contributed by atoms with Gasteiger partial charge in [-0.2, -0.15) is 0 Å². The average Bonchev–Trinajstić information content (AvgIpc) is 3.47. The summed E-state index contributed by atoms with van der Waals surface area (Å²) in [7, 11) is 3.88. The normalized spacial score (nSPS) is 23.3. The van der Waals surface area contributed by atoms with Crippen LogP contribution in [0.5, 0.6) is 5.75 Å². The summed E-state index contributed by atoms with van der Waals surface area (Å²) in [6.07, 6.45) is 4.60. The number of methoxy groups -OCH3 is 1. The number of fused-ring (bicyclic) bond motifs is 1. The molecule has 9 nitrogen and oxygen atoms in total. The maximum absolute atomic E-state index is 13.3. The van der Waals surface area contributed by atoms with Crippen LogP contribution in [0.1, 0.15) is 49.2 Å². The lowest BCUT2D eigenvalue weighted by molar-refractivity contribution is -1.02. The highest BCUT2D eigenvalue weighted by Gasteiger charge is 2.38. The lowest BCUT2D eigenvalue weighted by Gasteiger charge is -2.33. The second kappa shape index (κ2) is 8.39. The van der Waals surface area contributed by atoms with Crippen LogP contribution in [-0.4, -0.2) is 65.5 Å². The molecule has 1 aliphatic carbocycles. The minimum Gasteiger partial charge on any atom is -0.497 e. The van der Waals surface area contributed by atoms with Gasteiger partial charge in [-0.1, -0.05) is 12.8 Å². The van der Waals surface area contributed by atoms with Gasteiger partial charge in [0.05, 0.1) is 25.8 Å². The van der Waals surface area contributed by atoms with Crippen molar-refractivity contribution in [3.05, 3.63) is 46.0 Å². The molecule has 1 saturated heterocycles. The van der Waals surface area contributed by atoms with Gasteiger partial charge >= 0.3 is 0 Å². The topological polar surface area (TPSA) is 94.6 Å². The van der Waals surface area contributed by atoms with Crippen molar-refractivity contribution < 1.29 is 14.5 Å². The highest BCUT2D eigenvalue weighted by molar-refractivity contribution is 5.80. The maximum Gasteiger partial charge on any atom is 0.258 e. The minimum absolute atomic E-state index is 0.0672. The van der Waals surface area contributed by atoms with E-state index in [0.717, 1.165) is 67.1 Å². The van der Waals surface area contributed by atoms with Crippen LogP contribution in [0.3, 0.4) is 0 Å². The van der Waals surface area contributed by atoms with E-state index in [-0.39, 0.29) is 11.6 Å². The van der Waals surface area contributed by atoms with Crippen LogP contribution >= 0.6 is 0 Å². The van der Waals surface area contributed by atoms with Crippen LogP contribution in [0.4, 0.5) is 0 Å². The van der Waals surface area contributed by atoms with Gasteiger partial charge in [-0.15, -0.1) is 5.10 Å². The zero-order valence-corrected chi connectivity index (χ0v) is 18.2. The molecule has 1 aromatic carbocycles. The van der Waals surface area contributed by atoms with Gasteiger partial charge in [0.1, 0.15) is 31.9 Å². The Morgan fingerprint density at radius 1 is 1.16 bits per heavy atom. The van der Waals surface area contributed by atoms with Crippen molar-refractivity contribution in [2.75, 3.05) is 40.3 Å². The monoisotopic (exact) mass is 425 g/mol. The lowest BCUT2D eigenvalue weighted by atomic mass is 10.0. The molecule has 0 unspecified atom stereocenters. The molecule has 2 aliphatic rings. The Balaban J connectivity index is 1.63. The Morgan fingerprint density at radius 2 is 1.94 bits per heavy atom. The Bertz CT molecular complexity index is 1110. The molecule has 1 aliphatic heterocycles. The van der Waals surface area contributed by atoms with Crippen molar-refractivity contribution in [1.82, 2.24) is 25.2 Å². The van der Waals surface area contributed by atoms with E-state index < -0.39 is 0 Å². The molecule has 5 rings (SSSR count). The van der Waals surface area contributed by atoms with Crippen LogP contribution in [-0.2, 0) is 0 Å². The number of aromatic amines is 1. The zero-order chi connectivity index (χ0) is 21.4. The Morgan fingerprint density at radius 3 is 2.68 bits per heavy atom. The van der Waals surface area contributed by atoms with Crippen LogP contribution in [0.15, 0.2) is 29.1 Å². The molecule has 0 amide bonds. The third-order valence-electron chi connectivity index (χ3n) is 6.99. The number of H-pyrrole nitrogens is 1. The summed E-state index contributed by atoms with van der Waals surface area (Å²) in [4.78, 5) is 19.2. The fraction of sp³-hybridized carbons (Fsp3) is 0.545. The molecule has 0 radical (unpaired) electrons. The van der Waals surface area contributed by atoms with Gasteiger partial charge in [-0.25, -0.2) is 4.68 Å². The van der Waals surface area contributed by atoms with E-state index in [0.29, 0.717) is 6.04 Å². The van der Waals surface area contributed by atoms with Crippen molar-refractivity contribution in [3.8, 4) is 5.75 Å². The summed E-state index contributed by atoms with van der Waals surface area (Å²) in [5.41, 5.74) is 1.47. The number of quaternary nitrogens is 2. The standard InChI is InChI=1S/C22H29N7O2/c1-27-9-11-28(12-10-27)20(21-24-25-26-29(21)16-5-3-4-6-16)18-14-15-13-17(31-2)7-8-19(15)23-22(18)30/h7-8,13-14,16,20H,3-6,9-12H2,1-2H3,(H,23,30)/p+2/t20-/m1/s1. The SMILES string of the molecule is COc1ccc2[nH]c(=O)c([C@H](c3nnnn3C3CCCC3)[NH+]3CC[NH+](C)CC3)cc2c1. The number of likely N-dealkylation sites (N-methyl/N-ethyl adjacent to an activating group) is 1. The molecule has 2 fully saturated rings. The summed E-state index contributed by atoms with van der Waals surface area (Å²) < 4.78 is 7.41. The van der Waals surface area contributed by atoms with Crippen molar-refractivity contribution in [3.63, 3.8) is 0 Å². The van der Waals surface area contributed by atoms with Gasteiger partial charge < -0.3 is 19.5 Å². The van der Waals surface area contributed by atoms with Crippen molar-refractivity contribution >= 4 is 10.9 Å². The molecular formula is C22H31N7O2+2. The van der Waals surface area contributed by atoms with Gasteiger partial charge in [-0.05, 0) is 47.5 Å². The Kier molecular flexibility index (Phi) is 5.45. The number of rotatable bonds is 5. The largest absolute Gasteiger partial charge is 0.497 e. The lowest BCUT2D eigenvalue weighted by Crippen LogP contribution is -3.27. The summed E-state index contributed by atoms with van der Waals surface area (Å²) in [6, 6.07) is 7.86. The molecule has 164 valence electrons. The average molecular weight is 426 g/mol. The summed E-state index contributed by atoms with van der Waals surface area (Å²) in [6.45, 7) is 4.08. The molecule has 1 saturated carbocycles. The number of nitrogens with zero attached hydrogens (tertiary/aromatic N) is 4. The highest BCUT2D eigenvalue weighted by atomic mass is 16.5. The number of nitrogens with one attached hydrogen (secondary N) is 3. The number of ether oxygens (including phenoxy) is 1. The minimum atomic E-state index is -0.192. The molecule has 31 heavy (non-hydrogen) atoms. The Hall–Kier alpha value is -2.78. The molecule has 2 aromatic heterocycles. The smallest absolute Gasteiger partial charge is 0.258 e. The first-order valence-corrected chi connectivity index (χ1v) is 11.3. The Labute approximate surface area is 181 Å². The fourth-order valence-corrected chi connectivity index (χ4v) is 5.17. The number of aromatic nitrogens is 5. The van der Waals surface area contributed by atoms with E-state index in [4.69, 9.17) is 4.74 Å². The summed E-state index contributed by atoms with van der Waals surface area (Å²) >= 11 is 0. The van der Waals surface area contributed by atoms with Crippen LogP contribution in [0.2, 0.25) is 0 Å². The molecule has 0 bridgehead atoms. The first-order valence-electron chi connectivity index (χ1n) is 11.3. The number of piperazine rings is 1. The van der Waals surface area contributed by atoms with Crippen molar-refractivity contribution in [1.29, 1.82) is 0 Å². The van der Waals surface area contributed by atoms with Gasteiger partial charge in [0.25, 0.3) is 5.56 Å². The molecule has 3 N–H and O–H groups in total. The van der Waals surface area contributed by atoms with Gasteiger partial charge in [0.15, 0.2) is 6.04 Å². The van der Waals surface area contributed by atoms with E-state index >= 15 is 0 Å². The van der Waals surface area contributed by atoms with E-state index in [9.17, 15) is 4.79 Å². The van der Waals surface area contributed by atoms with Crippen LogP contribution in [0.25, 0.3) is 10.9 Å². The number of hydrogen-bond acceptors (Lipinski definition) is 5. The van der Waals surface area contributed by atoms with Crippen molar-refractivity contribution in [2.45, 2.75) is 37.8 Å². The summed E-state index contributed by atoms with van der Waals surface area (Å²) in [5, 5.41) is 13.9. The quantitative estimate of drug-likeness (QED) is 0.495. The molecule has 3 aromatic rings. The fourth-order valence-electron chi connectivity index (χ4n) is 5.17. The zero-order valence-electron chi connectivity index (χ0n) is 18.2. The first-order chi connectivity index (χ1) is 15.1. The van der Waals surface area contributed by atoms with Crippen LogP contribution in [0, 0.1) is 0 Å². The predicted molar refractivity (Wildman–Crippen MR) is 116 cm³/mol. The summed E-state index contributed by atoms with van der Waals surface area (Å²) in [5.74, 6) is 1.59. The first kappa shape index (κ1) is 20.1. The molecular weight excluding hydrogens is 394 g/mol. The maximum atomic E-state index is 13.3.